The highest BCUT2D eigenvalue weighted by molar-refractivity contribution is 5.28. The van der Waals surface area contributed by atoms with E-state index in [2.05, 4.69) is 50.0 Å². The minimum Gasteiger partial charge on any atom is -0.122 e. The molecule has 2 atom stereocenters. The Morgan fingerprint density at radius 3 is 3.15 bits per heavy atom. The number of allylic oxidation sites excluding steroid dienone is 5. The molecule has 0 radical (unpaired) electrons. The fourth-order valence-electron chi connectivity index (χ4n) is 2.07. The van der Waals surface area contributed by atoms with Crippen LogP contribution in [-0.4, -0.2) is 0 Å². The van der Waals surface area contributed by atoms with Gasteiger partial charge in [-0.25, -0.2) is 0 Å². The quantitative estimate of drug-likeness (QED) is 0.386. The Morgan fingerprint density at radius 1 is 1.46 bits per heavy atom. The summed E-state index contributed by atoms with van der Waals surface area (Å²) in [6, 6.07) is 0. The Bertz CT molecular complexity index is 324. The summed E-state index contributed by atoms with van der Waals surface area (Å²) in [7, 11) is 0. The third kappa shape index (κ3) is 1.55. The van der Waals surface area contributed by atoms with Crippen LogP contribution in [0.5, 0.6) is 0 Å². The smallest absolute Gasteiger partial charge is 0.0105 e. The first kappa shape index (κ1) is 8.59. The zero-order valence-corrected chi connectivity index (χ0v) is 8.38. The van der Waals surface area contributed by atoms with Gasteiger partial charge in [-0.15, -0.1) is 5.73 Å². The van der Waals surface area contributed by atoms with Crippen LogP contribution in [0.4, 0.5) is 0 Å². The van der Waals surface area contributed by atoms with E-state index in [1.54, 1.807) is 0 Å². The normalized spacial score (nSPS) is 36.8. The average Bonchev–Trinajstić information content (AvgIpc) is 2.27. The molecular formula is C13H16. The van der Waals surface area contributed by atoms with Crippen molar-refractivity contribution in [2.75, 3.05) is 0 Å². The first-order valence-electron chi connectivity index (χ1n) is 5.01. The van der Waals surface area contributed by atoms with E-state index >= 15 is 0 Å². The van der Waals surface area contributed by atoms with Gasteiger partial charge in [0.1, 0.15) is 0 Å². The minimum atomic E-state index is 0.239. The Balaban J connectivity index is 2.43. The van der Waals surface area contributed by atoms with Crippen molar-refractivity contribution in [3.05, 3.63) is 41.7 Å². The van der Waals surface area contributed by atoms with Crippen LogP contribution in [0.15, 0.2) is 41.7 Å². The molecule has 0 aromatic heterocycles. The summed E-state index contributed by atoms with van der Waals surface area (Å²) in [4.78, 5) is 0. The number of hydrogen-bond donors (Lipinski definition) is 0. The summed E-state index contributed by atoms with van der Waals surface area (Å²) in [5.74, 6) is 0.645. The maximum atomic E-state index is 3.34. The van der Waals surface area contributed by atoms with Gasteiger partial charge in [-0.05, 0) is 37.3 Å². The van der Waals surface area contributed by atoms with Gasteiger partial charge < -0.3 is 0 Å². The molecule has 0 fully saturated rings. The summed E-state index contributed by atoms with van der Waals surface area (Å²) in [6.07, 6.45) is 13.9. The fourth-order valence-corrected chi connectivity index (χ4v) is 2.07. The molecule has 13 heavy (non-hydrogen) atoms. The molecule has 2 unspecified atom stereocenters. The fraction of sp³-hybridized carbons (Fsp3) is 0.462. The predicted octanol–water partition coefficient (Wildman–Crippen LogP) is 3.63. The van der Waals surface area contributed by atoms with Crippen molar-refractivity contribution < 1.29 is 0 Å². The molecule has 0 heterocycles. The van der Waals surface area contributed by atoms with Crippen molar-refractivity contribution in [2.45, 2.75) is 26.7 Å². The molecular weight excluding hydrogens is 156 g/mol. The molecule has 68 valence electrons. The molecule has 0 amide bonds. The maximum absolute atomic E-state index is 3.34. The van der Waals surface area contributed by atoms with Crippen molar-refractivity contribution in [3.63, 3.8) is 0 Å². The summed E-state index contributed by atoms with van der Waals surface area (Å²) in [5, 5.41) is 0. The molecule has 2 aliphatic rings. The largest absolute Gasteiger partial charge is 0.122 e. The van der Waals surface area contributed by atoms with Gasteiger partial charge in [0.25, 0.3) is 0 Å². The van der Waals surface area contributed by atoms with E-state index in [0.717, 1.165) is 0 Å². The highest BCUT2D eigenvalue weighted by Gasteiger charge is 2.29. The van der Waals surface area contributed by atoms with Crippen molar-refractivity contribution in [1.29, 1.82) is 0 Å². The third-order valence-electron chi connectivity index (χ3n) is 3.12. The predicted molar refractivity (Wildman–Crippen MR) is 56.4 cm³/mol. The van der Waals surface area contributed by atoms with Crippen molar-refractivity contribution >= 4 is 0 Å². The molecule has 0 nitrogen and oxygen atoms in total. The molecule has 0 spiro atoms. The van der Waals surface area contributed by atoms with Crippen molar-refractivity contribution in [2.24, 2.45) is 11.3 Å². The van der Waals surface area contributed by atoms with Crippen LogP contribution in [0.25, 0.3) is 0 Å². The van der Waals surface area contributed by atoms with Gasteiger partial charge in [-0.2, -0.15) is 0 Å². The zero-order valence-electron chi connectivity index (χ0n) is 8.38. The molecule has 0 heteroatoms. The number of hydrogen-bond acceptors (Lipinski definition) is 0. The maximum Gasteiger partial charge on any atom is 0.0105 e. The highest BCUT2D eigenvalue weighted by Crippen LogP contribution is 2.39. The lowest BCUT2D eigenvalue weighted by atomic mass is 9.72. The lowest BCUT2D eigenvalue weighted by Gasteiger charge is -2.32. The second kappa shape index (κ2) is 3.05. The summed E-state index contributed by atoms with van der Waals surface area (Å²) in [5.41, 5.74) is 4.82. The van der Waals surface area contributed by atoms with E-state index in [4.69, 9.17) is 0 Å². The molecule has 0 aromatic rings. The first-order valence-corrected chi connectivity index (χ1v) is 5.01. The molecule has 0 bridgehead atoms. The molecule has 0 saturated carbocycles. The van der Waals surface area contributed by atoms with E-state index in [1.807, 2.05) is 0 Å². The van der Waals surface area contributed by atoms with Crippen LogP contribution in [0.2, 0.25) is 0 Å². The van der Waals surface area contributed by atoms with E-state index in [9.17, 15) is 0 Å². The lowest BCUT2D eigenvalue weighted by molar-refractivity contribution is 0.356. The summed E-state index contributed by atoms with van der Waals surface area (Å²) >= 11 is 0. The van der Waals surface area contributed by atoms with E-state index in [-0.39, 0.29) is 5.41 Å². The van der Waals surface area contributed by atoms with Gasteiger partial charge in [0, 0.05) is 5.41 Å². The third-order valence-corrected chi connectivity index (χ3v) is 3.12. The van der Waals surface area contributed by atoms with E-state index in [1.165, 1.54) is 18.4 Å². The monoisotopic (exact) mass is 172 g/mol. The van der Waals surface area contributed by atoms with Crippen molar-refractivity contribution in [3.8, 4) is 0 Å². The first-order chi connectivity index (χ1) is 6.21. The van der Waals surface area contributed by atoms with Gasteiger partial charge in [0.15, 0.2) is 0 Å². The van der Waals surface area contributed by atoms with Crippen LogP contribution >= 0.6 is 0 Å². The minimum absolute atomic E-state index is 0.239. The van der Waals surface area contributed by atoms with Crippen LogP contribution < -0.4 is 0 Å². The molecule has 0 N–H and O–H groups in total. The van der Waals surface area contributed by atoms with Crippen molar-refractivity contribution in [1.82, 2.24) is 0 Å². The van der Waals surface area contributed by atoms with Gasteiger partial charge in [0.2, 0.25) is 0 Å². The molecule has 0 aromatic carbocycles. The van der Waals surface area contributed by atoms with E-state index in [0.29, 0.717) is 5.92 Å². The lowest BCUT2D eigenvalue weighted by Crippen LogP contribution is -2.23. The van der Waals surface area contributed by atoms with Gasteiger partial charge in [-0.3, -0.25) is 0 Å². The van der Waals surface area contributed by atoms with Crippen LogP contribution in [0, 0.1) is 11.3 Å². The van der Waals surface area contributed by atoms with Gasteiger partial charge in [0.05, 0.1) is 0 Å². The van der Waals surface area contributed by atoms with Gasteiger partial charge in [-0.1, -0.05) is 31.2 Å². The molecule has 0 saturated heterocycles. The van der Waals surface area contributed by atoms with E-state index < -0.39 is 0 Å². The topological polar surface area (TPSA) is 0 Å². The zero-order chi connectivity index (χ0) is 9.31. The number of rotatable bonds is 0. The van der Waals surface area contributed by atoms with Crippen LogP contribution in [-0.2, 0) is 0 Å². The Hall–Kier alpha value is -1.00. The van der Waals surface area contributed by atoms with Crippen LogP contribution in [0.1, 0.15) is 26.7 Å². The molecule has 2 rings (SSSR count). The molecule has 0 aliphatic heterocycles. The van der Waals surface area contributed by atoms with Gasteiger partial charge >= 0.3 is 0 Å². The van der Waals surface area contributed by atoms with Crippen LogP contribution in [0.3, 0.4) is 0 Å². The SMILES string of the molecule is CC1=C=CC2CCC=CC2(C)C=C1. The Morgan fingerprint density at radius 2 is 2.31 bits per heavy atom. The number of fused-ring (bicyclic) bond motifs is 1. The summed E-state index contributed by atoms with van der Waals surface area (Å²) in [6.45, 7) is 4.41. The second-order valence-electron chi connectivity index (χ2n) is 4.28. The Kier molecular flexibility index (Phi) is 2.01. The summed E-state index contributed by atoms with van der Waals surface area (Å²) < 4.78 is 0. The Labute approximate surface area is 80.3 Å². The standard InChI is InChI=1S/C13H16/c1-11-6-7-12-5-3-4-9-13(12,2)10-8-11/h4,7-10,12H,3,5H2,1-2H3. The molecule has 2 aliphatic carbocycles. The highest BCUT2D eigenvalue weighted by atomic mass is 14.3. The average molecular weight is 172 g/mol. The second-order valence-corrected chi connectivity index (χ2v) is 4.28.